The number of aromatic amines is 1. The maximum atomic E-state index is 13.8. The van der Waals surface area contributed by atoms with Crippen LogP contribution in [0.25, 0.3) is 22.7 Å². The quantitative estimate of drug-likeness (QED) is 0.135. The van der Waals surface area contributed by atoms with Crippen LogP contribution in [0.5, 0.6) is 0 Å². The summed E-state index contributed by atoms with van der Waals surface area (Å²) in [4.78, 5) is 31.3. The minimum Gasteiger partial charge on any atom is -0.358 e. The molecule has 0 fully saturated rings. The van der Waals surface area contributed by atoms with Crippen LogP contribution in [-0.2, 0) is 4.79 Å². The molecule has 0 atom stereocenters. The molecule has 5 aromatic rings. The van der Waals surface area contributed by atoms with Gasteiger partial charge in [0.2, 0.25) is 5.78 Å². The molecule has 38 heavy (non-hydrogen) atoms. The maximum absolute atomic E-state index is 13.8. The smallest absolute Gasteiger partial charge is 0.267 e. The zero-order valence-electron chi connectivity index (χ0n) is 20.4. The van der Waals surface area contributed by atoms with E-state index in [0.717, 1.165) is 16.5 Å². The van der Waals surface area contributed by atoms with Crippen molar-refractivity contribution in [3.05, 3.63) is 125 Å². The van der Waals surface area contributed by atoms with Gasteiger partial charge in [-0.1, -0.05) is 78.9 Å². The number of carbonyl (C=O) groups is 2. The van der Waals surface area contributed by atoms with Crippen LogP contribution in [0.4, 0.5) is 5.82 Å². The Bertz CT molecular complexity index is 1740. The van der Waals surface area contributed by atoms with Gasteiger partial charge in [-0.25, -0.2) is 0 Å². The highest BCUT2D eigenvalue weighted by Crippen LogP contribution is 2.26. The van der Waals surface area contributed by atoms with E-state index in [1.165, 1.54) is 10.9 Å². The number of rotatable bonds is 7. The minimum atomic E-state index is -0.699. The van der Waals surface area contributed by atoms with E-state index in [2.05, 4.69) is 20.5 Å². The minimum absolute atomic E-state index is 0.0350. The lowest BCUT2D eigenvalue weighted by Crippen LogP contribution is -2.16. The van der Waals surface area contributed by atoms with E-state index in [4.69, 9.17) is 0 Å². The number of hydrogen-bond donors (Lipinski definition) is 2. The second-order valence-corrected chi connectivity index (χ2v) is 8.44. The lowest BCUT2D eigenvalue weighted by atomic mass is 10.0. The van der Waals surface area contributed by atoms with Crippen LogP contribution in [0.3, 0.4) is 0 Å². The van der Waals surface area contributed by atoms with Gasteiger partial charge in [0.05, 0.1) is 11.3 Å². The van der Waals surface area contributed by atoms with Gasteiger partial charge in [-0.05, 0) is 36.8 Å². The third-order valence-corrected chi connectivity index (χ3v) is 5.88. The number of nitriles is 1. The van der Waals surface area contributed by atoms with Crippen molar-refractivity contribution in [1.82, 2.24) is 20.0 Å². The van der Waals surface area contributed by atoms with Crippen LogP contribution >= 0.6 is 0 Å². The van der Waals surface area contributed by atoms with Gasteiger partial charge in [-0.3, -0.25) is 9.59 Å². The average Bonchev–Trinajstić information content (AvgIpc) is 3.52. The number of H-pyrrole nitrogens is 1. The van der Waals surface area contributed by atoms with Gasteiger partial charge in [0, 0.05) is 16.6 Å². The van der Waals surface area contributed by atoms with E-state index in [-0.39, 0.29) is 17.1 Å². The number of anilines is 1. The zero-order valence-corrected chi connectivity index (χ0v) is 20.4. The summed E-state index contributed by atoms with van der Waals surface area (Å²) < 4.78 is 0. The van der Waals surface area contributed by atoms with E-state index in [9.17, 15) is 14.9 Å². The summed E-state index contributed by atoms with van der Waals surface area (Å²) in [5.74, 6) is -1.14. The molecule has 0 aliphatic rings. The molecule has 5 rings (SSSR count). The van der Waals surface area contributed by atoms with E-state index in [1.54, 1.807) is 24.3 Å². The van der Waals surface area contributed by atoms with Crippen LogP contribution < -0.4 is 5.32 Å². The Morgan fingerprint density at radius 1 is 0.947 bits per heavy atom. The molecule has 2 N–H and O–H groups in total. The Hall–Kier alpha value is -5.55. The summed E-state index contributed by atoms with van der Waals surface area (Å²) >= 11 is 0. The molecular weight excluding hydrogens is 476 g/mol. The fourth-order valence-corrected chi connectivity index (χ4v) is 4.07. The van der Waals surface area contributed by atoms with E-state index < -0.39 is 11.7 Å². The van der Waals surface area contributed by atoms with E-state index in [0.29, 0.717) is 16.9 Å². The predicted octanol–water partition coefficient (Wildman–Crippen LogP) is 5.39. The number of carbonyl (C=O) groups excluding carboxylic acids is 2. The highest BCUT2D eigenvalue weighted by atomic mass is 16.2. The van der Waals surface area contributed by atoms with Gasteiger partial charge in [0.1, 0.15) is 11.6 Å². The van der Waals surface area contributed by atoms with Gasteiger partial charge in [0.15, 0.2) is 11.5 Å². The molecule has 184 valence electrons. The monoisotopic (exact) mass is 498 g/mol. The summed E-state index contributed by atoms with van der Waals surface area (Å²) in [6.45, 7) is 1.81. The maximum Gasteiger partial charge on any atom is 0.267 e. The summed E-state index contributed by atoms with van der Waals surface area (Å²) in [7, 11) is 0. The topological polar surface area (TPSA) is 116 Å². The number of nitrogens with zero attached hydrogens (tertiary/aromatic N) is 4. The molecule has 0 radical (unpaired) electrons. The van der Waals surface area contributed by atoms with Gasteiger partial charge < -0.3 is 10.3 Å². The Morgan fingerprint density at radius 3 is 2.37 bits per heavy atom. The molecule has 0 spiro atoms. The van der Waals surface area contributed by atoms with Crippen molar-refractivity contribution in [2.75, 3.05) is 5.32 Å². The third kappa shape index (κ3) is 4.90. The second-order valence-electron chi connectivity index (χ2n) is 8.44. The fourth-order valence-electron chi connectivity index (χ4n) is 4.07. The number of benzene rings is 3. The zero-order chi connectivity index (χ0) is 26.5. The molecule has 0 aliphatic heterocycles. The SMILES string of the molecule is Cc1[nH]c2ccccc2c1C(=O)c1nn(-c2ccccc2)nc1NC(=O)/C(C#N)=C/C=C/c1ccccc1. The third-order valence-electron chi connectivity index (χ3n) is 5.88. The van der Waals surface area contributed by atoms with Gasteiger partial charge in [-0.2, -0.15) is 5.26 Å². The lowest BCUT2D eigenvalue weighted by Gasteiger charge is -2.03. The average molecular weight is 499 g/mol. The van der Waals surface area contributed by atoms with Crippen molar-refractivity contribution in [2.45, 2.75) is 6.92 Å². The highest BCUT2D eigenvalue weighted by Gasteiger charge is 2.26. The first kappa shape index (κ1) is 24.2. The molecule has 0 saturated carbocycles. The molecule has 3 aromatic carbocycles. The number of nitrogens with one attached hydrogen (secondary N) is 2. The summed E-state index contributed by atoms with van der Waals surface area (Å²) in [5, 5.41) is 21.8. The predicted molar refractivity (Wildman–Crippen MR) is 146 cm³/mol. The first-order chi connectivity index (χ1) is 18.5. The largest absolute Gasteiger partial charge is 0.358 e. The van der Waals surface area contributed by atoms with Crippen molar-refractivity contribution < 1.29 is 9.59 Å². The van der Waals surface area contributed by atoms with Crippen molar-refractivity contribution in [2.24, 2.45) is 0 Å². The van der Waals surface area contributed by atoms with Crippen LogP contribution in [-0.4, -0.2) is 31.7 Å². The number of para-hydroxylation sites is 2. The number of hydrogen-bond acceptors (Lipinski definition) is 5. The first-order valence-corrected chi connectivity index (χ1v) is 11.8. The van der Waals surface area contributed by atoms with E-state index >= 15 is 0 Å². The molecule has 8 nitrogen and oxygen atoms in total. The van der Waals surface area contributed by atoms with Crippen molar-refractivity contribution in [3.63, 3.8) is 0 Å². The van der Waals surface area contributed by atoms with Crippen LogP contribution in [0.1, 0.15) is 27.3 Å². The number of allylic oxidation sites excluding steroid dienone is 2. The van der Waals surface area contributed by atoms with E-state index in [1.807, 2.05) is 85.8 Å². The molecule has 2 heterocycles. The Kier molecular flexibility index (Phi) is 6.74. The molecule has 8 heteroatoms. The lowest BCUT2D eigenvalue weighted by molar-refractivity contribution is -0.112. The van der Waals surface area contributed by atoms with Crippen molar-refractivity contribution in [1.29, 1.82) is 5.26 Å². The van der Waals surface area contributed by atoms with Crippen molar-refractivity contribution >= 4 is 34.5 Å². The van der Waals surface area contributed by atoms with Crippen molar-refractivity contribution in [3.8, 4) is 11.8 Å². The standard InChI is InChI=1S/C30H22N6O2/c1-20-26(24-17-8-9-18-25(24)32-20)28(37)27-29(35-36(34-27)23-15-6-3-7-16-23)33-30(38)22(19-31)14-10-13-21-11-4-2-5-12-21/h2-18,32H,1H3,(H,33,35,38)/b13-10+,22-14+. The van der Waals surface area contributed by atoms with Crippen LogP contribution in [0, 0.1) is 18.3 Å². The fraction of sp³-hybridized carbons (Fsp3) is 0.0333. The first-order valence-electron chi connectivity index (χ1n) is 11.8. The number of fused-ring (bicyclic) bond motifs is 1. The number of aromatic nitrogens is 4. The molecule has 2 aromatic heterocycles. The molecule has 1 amide bonds. The summed E-state index contributed by atoms with van der Waals surface area (Å²) in [6, 6.07) is 27.9. The van der Waals surface area contributed by atoms with Gasteiger partial charge >= 0.3 is 0 Å². The van der Waals surface area contributed by atoms with Gasteiger partial charge in [0.25, 0.3) is 5.91 Å². The van der Waals surface area contributed by atoms with Gasteiger partial charge in [-0.15, -0.1) is 15.0 Å². The highest BCUT2D eigenvalue weighted by molar-refractivity contribution is 6.19. The molecule has 0 bridgehead atoms. The number of aryl methyl sites for hydroxylation is 1. The number of ketones is 1. The molecule has 0 aliphatic carbocycles. The Morgan fingerprint density at radius 2 is 1.63 bits per heavy atom. The van der Waals surface area contributed by atoms with Crippen LogP contribution in [0.2, 0.25) is 0 Å². The second kappa shape index (κ2) is 10.6. The molecule has 0 unspecified atom stereocenters. The Balaban J connectivity index is 1.51. The van der Waals surface area contributed by atoms with Crippen LogP contribution in [0.15, 0.2) is 103 Å². The molecular formula is C30H22N6O2. The summed E-state index contributed by atoms with van der Waals surface area (Å²) in [5.41, 5.74) is 3.29. The summed E-state index contributed by atoms with van der Waals surface area (Å²) in [6.07, 6.45) is 4.82. The Labute approximate surface area is 218 Å². The number of amides is 1. The molecule has 0 saturated heterocycles. The normalized spacial score (nSPS) is 11.5.